The summed E-state index contributed by atoms with van der Waals surface area (Å²) >= 11 is 11.3. The Labute approximate surface area is 121 Å². The van der Waals surface area contributed by atoms with E-state index < -0.39 is 21.3 Å². The molecule has 2 N–H and O–H groups in total. The molecule has 1 heterocycles. The predicted octanol–water partition coefficient (Wildman–Crippen LogP) is 1.74. The van der Waals surface area contributed by atoms with Gasteiger partial charge in [0.1, 0.15) is 10.0 Å². The largest absolute Gasteiger partial charge is 0.277 e. The molecule has 0 bridgehead atoms. The van der Waals surface area contributed by atoms with Gasteiger partial charge >= 0.3 is 0 Å². The monoisotopic (exact) mass is 325 g/mol. The number of nitrogens with zero attached hydrogens (tertiary/aromatic N) is 1. The molecule has 1 rings (SSSR count). The Kier molecular flexibility index (Phi) is 4.78. The third-order valence-corrected chi connectivity index (χ3v) is 3.92. The first kappa shape index (κ1) is 16.2. The highest BCUT2D eigenvalue weighted by atomic mass is 35.5. The molecule has 0 unspecified atom stereocenters. The Bertz CT molecular complexity index is 597. The van der Waals surface area contributed by atoms with E-state index in [-0.39, 0.29) is 15.1 Å². The Morgan fingerprint density at radius 1 is 1.32 bits per heavy atom. The number of sulfonamides is 1. The van der Waals surface area contributed by atoms with E-state index in [9.17, 15) is 13.2 Å². The smallest absolute Gasteiger partial charge is 0.260 e. The van der Waals surface area contributed by atoms with Crippen LogP contribution in [0.4, 0.5) is 0 Å². The number of nitrogens with one attached hydrogen (secondary N) is 2. The fourth-order valence-corrected chi connectivity index (χ4v) is 2.47. The van der Waals surface area contributed by atoms with Gasteiger partial charge in [0.05, 0.1) is 5.02 Å². The number of carbonyl (C=O) groups is 1. The van der Waals surface area contributed by atoms with Gasteiger partial charge in [-0.05, 0) is 6.07 Å². The second kappa shape index (κ2) is 5.62. The van der Waals surface area contributed by atoms with Crippen LogP contribution in [0.3, 0.4) is 0 Å². The third kappa shape index (κ3) is 4.31. The molecule has 0 aliphatic heterocycles. The number of halogens is 2. The van der Waals surface area contributed by atoms with Crippen molar-refractivity contribution >= 4 is 39.1 Å². The van der Waals surface area contributed by atoms with Crippen molar-refractivity contribution < 1.29 is 13.2 Å². The van der Waals surface area contributed by atoms with Crippen LogP contribution in [-0.2, 0) is 14.8 Å². The molecule has 0 spiro atoms. The summed E-state index contributed by atoms with van der Waals surface area (Å²) in [5, 5.41) is -0.117. The molecule has 1 amide bonds. The SMILES string of the molecule is CC(C)(C)C(=O)NNS(=O)(=O)c1cc(Cl)cnc1Cl. The zero-order valence-electron chi connectivity index (χ0n) is 10.5. The topological polar surface area (TPSA) is 88.2 Å². The second-order valence-corrected chi connectivity index (χ2v) is 7.20. The first-order chi connectivity index (χ1) is 8.54. The van der Waals surface area contributed by atoms with Crippen LogP contribution >= 0.6 is 23.2 Å². The number of amides is 1. The highest BCUT2D eigenvalue weighted by molar-refractivity contribution is 7.89. The van der Waals surface area contributed by atoms with Crippen LogP contribution in [0.25, 0.3) is 0 Å². The summed E-state index contributed by atoms with van der Waals surface area (Å²) in [6, 6.07) is 1.14. The maximum absolute atomic E-state index is 11.9. The molecule has 0 aromatic carbocycles. The minimum Gasteiger partial charge on any atom is -0.277 e. The lowest BCUT2D eigenvalue weighted by Gasteiger charge is -2.18. The van der Waals surface area contributed by atoms with Crippen molar-refractivity contribution in [2.75, 3.05) is 0 Å². The van der Waals surface area contributed by atoms with Gasteiger partial charge in [-0.3, -0.25) is 10.2 Å². The van der Waals surface area contributed by atoms with Gasteiger partial charge < -0.3 is 0 Å². The molecule has 106 valence electrons. The first-order valence-corrected chi connectivity index (χ1v) is 7.41. The summed E-state index contributed by atoms with van der Waals surface area (Å²) < 4.78 is 23.9. The molecule has 0 saturated carbocycles. The maximum atomic E-state index is 11.9. The summed E-state index contributed by atoms with van der Waals surface area (Å²) in [5.41, 5.74) is 1.36. The standard InChI is InChI=1S/C10H13Cl2N3O3S/c1-10(2,3)9(16)14-15-19(17,18)7-4-6(11)5-13-8(7)12/h4-5,15H,1-3H3,(H,14,16). The van der Waals surface area contributed by atoms with Crippen LogP contribution in [0, 0.1) is 5.41 Å². The summed E-state index contributed by atoms with van der Waals surface area (Å²) in [4.78, 5) is 16.8. The minimum absolute atomic E-state index is 0.118. The van der Waals surface area contributed by atoms with Crippen LogP contribution < -0.4 is 10.3 Å². The molecule has 9 heteroatoms. The van der Waals surface area contributed by atoms with E-state index in [0.717, 1.165) is 6.07 Å². The van der Waals surface area contributed by atoms with Crippen molar-refractivity contribution in [1.82, 2.24) is 15.2 Å². The summed E-state index contributed by atoms with van der Waals surface area (Å²) in [5.74, 6) is -0.484. The molecular weight excluding hydrogens is 313 g/mol. The molecule has 19 heavy (non-hydrogen) atoms. The Morgan fingerprint density at radius 3 is 2.42 bits per heavy atom. The average Bonchev–Trinajstić information content (AvgIpc) is 2.28. The molecule has 0 aliphatic carbocycles. The molecule has 0 atom stereocenters. The zero-order valence-corrected chi connectivity index (χ0v) is 12.8. The summed E-state index contributed by atoms with van der Waals surface area (Å²) in [6.07, 6.45) is 1.22. The first-order valence-electron chi connectivity index (χ1n) is 5.17. The molecule has 0 fully saturated rings. The maximum Gasteiger partial charge on any atom is 0.260 e. The van der Waals surface area contributed by atoms with E-state index in [0.29, 0.717) is 0 Å². The summed E-state index contributed by atoms with van der Waals surface area (Å²) in [7, 11) is -4.03. The molecule has 0 saturated heterocycles. The van der Waals surface area contributed by atoms with Gasteiger partial charge in [0.2, 0.25) is 5.91 Å². The molecule has 1 aromatic rings. The fourth-order valence-electron chi connectivity index (χ4n) is 0.948. The van der Waals surface area contributed by atoms with Crippen LogP contribution in [0.15, 0.2) is 17.2 Å². The number of pyridine rings is 1. The Balaban J connectivity index is 2.94. The highest BCUT2D eigenvalue weighted by Gasteiger charge is 2.25. The van der Waals surface area contributed by atoms with Crippen molar-refractivity contribution in [3.05, 3.63) is 22.4 Å². The number of aromatic nitrogens is 1. The van der Waals surface area contributed by atoms with Crippen LogP contribution in [0.5, 0.6) is 0 Å². The zero-order chi connectivity index (χ0) is 14.8. The van der Waals surface area contributed by atoms with Gasteiger partial charge in [-0.2, -0.15) is 0 Å². The number of hydrogen-bond donors (Lipinski definition) is 2. The molecule has 1 aromatic heterocycles. The van der Waals surface area contributed by atoms with Gasteiger partial charge in [0.25, 0.3) is 10.0 Å². The van der Waals surface area contributed by atoms with E-state index in [1.807, 2.05) is 4.83 Å². The number of hydrazine groups is 1. The third-order valence-electron chi connectivity index (χ3n) is 2.04. The van der Waals surface area contributed by atoms with Crippen LogP contribution in [0.1, 0.15) is 20.8 Å². The molecule has 6 nitrogen and oxygen atoms in total. The quantitative estimate of drug-likeness (QED) is 0.654. The van der Waals surface area contributed by atoms with Crippen molar-refractivity contribution in [3.63, 3.8) is 0 Å². The lowest BCUT2D eigenvalue weighted by Crippen LogP contribution is -2.46. The van der Waals surface area contributed by atoms with E-state index in [1.54, 1.807) is 20.8 Å². The number of carbonyl (C=O) groups excluding carboxylic acids is 1. The van der Waals surface area contributed by atoms with E-state index in [4.69, 9.17) is 23.2 Å². The van der Waals surface area contributed by atoms with Gasteiger partial charge in [-0.15, -0.1) is 4.83 Å². The van der Waals surface area contributed by atoms with Crippen LogP contribution in [0.2, 0.25) is 10.2 Å². The van der Waals surface area contributed by atoms with E-state index >= 15 is 0 Å². The molecule has 0 aliphatic rings. The Hall–Kier alpha value is -0.890. The minimum atomic E-state index is -4.03. The average molecular weight is 326 g/mol. The predicted molar refractivity (Wildman–Crippen MR) is 72.2 cm³/mol. The lowest BCUT2D eigenvalue weighted by atomic mass is 9.96. The molecular formula is C10H13Cl2N3O3S. The number of hydrogen-bond acceptors (Lipinski definition) is 4. The van der Waals surface area contributed by atoms with Crippen molar-refractivity contribution in [1.29, 1.82) is 0 Å². The second-order valence-electron chi connectivity index (χ2n) is 4.75. The van der Waals surface area contributed by atoms with E-state index in [1.165, 1.54) is 6.20 Å². The fraction of sp³-hybridized carbons (Fsp3) is 0.400. The summed E-state index contributed by atoms with van der Waals surface area (Å²) in [6.45, 7) is 4.93. The van der Waals surface area contributed by atoms with Gasteiger partial charge in [-0.25, -0.2) is 13.4 Å². The van der Waals surface area contributed by atoms with Crippen molar-refractivity contribution in [3.8, 4) is 0 Å². The van der Waals surface area contributed by atoms with Gasteiger partial charge in [0.15, 0.2) is 0 Å². The van der Waals surface area contributed by atoms with E-state index in [2.05, 4.69) is 10.4 Å². The Morgan fingerprint density at radius 2 is 1.89 bits per heavy atom. The van der Waals surface area contributed by atoms with Crippen molar-refractivity contribution in [2.24, 2.45) is 5.41 Å². The normalized spacial score (nSPS) is 12.3. The van der Waals surface area contributed by atoms with Crippen molar-refractivity contribution in [2.45, 2.75) is 25.7 Å². The highest BCUT2D eigenvalue weighted by Crippen LogP contribution is 2.22. The van der Waals surface area contributed by atoms with Gasteiger partial charge in [0, 0.05) is 11.6 Å². The van der Waals surface area contributed by atoms with Gasteiger partial charge in [-0.1, -0.05) is 44.0 Å². The molecule has 0 radical (unpaired) electrons. The number of rotatable bonds is 3. The van der Waals surface area contributed by atoms with Crippen LogP contribution in [-0.4, -0.2) is 19.3 Å². The lowest BCUT2D eigenvalue weighted by molar-refractivity contribution is -0.129.